The molecule has 138 valence electrons. The summed E-state index contributed by atoms with van der Waals surface area (Å²) in [4.78, 5) is 8.34. The maximum atomic E-state index is 8.81. The molecule has 3 N–H and O–H groups in total. The van der Waals surface area contributed by atoms with Crippen LogP contribution < -0.4 is 24.2 Å². The Hall–Kier alpha value is -2.88. The third-order valence-corrected chi connectivity index (χ3v) is 5.84. The number of methoxy groups -OCH3 is 1. The Balaban J connectivity index is 1.85. The van der Waals surface area contributed by atoms with Crippen molar-refractivity contribution in [2.45, 2.75) is 6.42 Å². The average Bonchev–Trinajstić information content (AvgIpc) is 3.16. The van der Waals surface area contributed by atoms with Crippen molar-refractivity contribution in [2.75, 3.05) is 20.3 Å². The van der Waals surface area contributed by atoms with E-state index < -0.39 is 15.8 Å². The number of nitrogens with zero attached hydrogens (tertiary/aromatic N) is 4. The number of ether oxygens (including phenoxy) is 2. The Labute approximate surface area is 163 Å². The molecule has 3 rings (SSSR count). The van der Waals surface area contributed by atoms with E-state index in [1.54, 1.807) is 13.3 Å². The number of rotatable bonds is 8. The molecule has 1 unspecified atom stereocenters. The quantitative estimate of drug-likeness (QED) is 0.380. The number of benzene rings is 1. The Morgan fingerprint density at radius 3 is 2.78 bits per heavy atom. The predicted octanol–water partition coefficient (Wildman–Crippen LogP) is -0.138. The van der Waals surface area contributed by atoms with Crippen molar-refractivity contribution in [1.82, 2.24) is 20.2 Å². The SMILES string of the molecule is COc1cccc(OCCCN)c1-c1cc([AsH]c2cnc(C#N)cn2)n[nH]1. The maximum absolute atomic E-state index is 8.81. The molecule has 0 amide bonds. The number of nitrogens with two attached hydrogens (primary N) is 1. The number of aromatic nitrogens is 4. The molecule has 3 aromatic rings. The Kier molecular flexibility index (Phi) is 6.42. The van der Waals surface area contributed by atoms with Gasteiger partial charge < -0.3 is 0 Å². The van der Waals surface area contributed by atoms with Gasteiger partial charge in [0, 0.05) is 0 Å². The third-order valence-electron chi connectivity index (χ3n) is 3.68. The van der Waals surface area contributed by atoms with Crippen LogP contribution in [0.5, 0.6) is 11.5 Å². The van der Waals surface area contributed by atoms with Crippen LogP contribution in [0.15, 0.2) is 36.7 Å². The summed E-state index contributed by atoms with van der Waals surface area (Å²) in [5.41, 5.74) is 7.50. The summed E-state index contributed by atoms with van der Waals surface area (Å²) in [5, 5.41) is 16.3. The van der Waals surface area contributed by atoms with Crippen LogP contribution >= 0.6 is 0 Å². The van der Waals surface area contributed by atoms with Crippen molar-refractivity contribution in [3.8, 4) is 28.8 Å². The van der Waals surface area contributed by atoms with Crippen molar-refractivity contribution < 1.29 is 9.47 Å². The van der Waals surface area contributed by atoms with E-state index in [1.165, 1.54) is 6.20 Å². The van der Waals surface area contributed by atoms with Crippen molar-refractivity contribution in [3.63, 3.8) is 0 Å². The average molecular weight is 426 g/mol. The molecule has 8 nitrogen and oxygen atoms in total. The molecule has 0 aliphatic rings. The molecule has 1 aromatic carbocycles. The van der Waals surface area contributed by atoms with E-state index in [1.807, 2.05) is 30.3 Å². The molecule has 27 heavy (non-hydrogen) atoms. The molecule has 0 bridgehead atoms. The van der Waals surface area contributed by atoms with Crippen molar-refractivity contribution in [2.24, 2.45) is 5.73 Å². The zero-order valence-electron chi connectivity index (χ0n) is 14.8. The standard InChI is InChI=1S/C18H19AsN6O2/c1-26-14-4-2-5-15(27-7-3-6-20)18(14)13-8-16(25-24-13)19-17-11-22-12(9-21)10-23-17/h2,4-5,8,10-11,19H,3,6-7,20H2,1H3,(H,24,25). The molecule has 2 heterocycles. The van der Waals surface area contributed by atoms with Crippen LogP contribution in [0.1, 0.15) is 12.1 Å². The molecular formula is C18H19AsN6O2. The number of hydrogen-bond donors (Lipinski definition) is 2. The number of aromatic amines is 1. The van der Waals surface area contributed by atoms with Gasteiger partial charge in [0.1, 0.15) is 0 Å². The monoisotopic (exact) mass is 426 g/mol. The van der Waals surface area contributed by atoms with Gasteiger partial charge in [-0.05, 0) is 0 Å². The molecule has 0 saturated carbocycles. The Bertz CT molecular complexity index is 936. The van der Waals surface area contributed by atoms with Gasteiger partial charge in [-0.25, -0.2) is 0 Å². The zero-order valence-corrected chi connectivity index (χ0v) is 16.9. The van der Waals surface area contributed by atoms with E-state index in [4.69, 9.17) is 20.5 Å². The van der Waals surface area contributed by atoms with E-state index in [-0.39, 0.29) is 0 Å². The minimum absolute atomic E-state index is 0.307. The molecule has 0 fully saturated rings. The first kappa shape index (κ1) is 18.9. The summed E-state index contributed by atoms with van der Waals surface area (Å²) in [7, 11) is 1.62. The Morgan fingerprint density at radius 2 is 2.07 bits per heavy atom. The Morgan fingerprint density at radius 1 is 1.22 bits per heavy atom. The molecular weight excluding hydrogens is 407 g/mol. The van der Waals surface area contributed by atoms with Gasteiger partial charge in [-0.2, -0.15) is 0 Å². The molecule has 2 aromatic heterocycles. The normalized spacial score (nSPS) is 10.9. The second-order valence-electron chi connectivity index (χ2n) is 5.51. The fraction of sp³-hybridized carbons (Fsp3) is 0.222. The van der Waals surface area contributed by atoms with Crippen LogP contribution in [-0.4, -0.2) is 56.2 Å². The van der Waals surface area contributed by atoms with Crippen LogP contribution in [0.2, 0.25) is 0 Å². The first-order valence-corrected chi connectivity index (χ1v) is 10.4. The van der Waals surface area contributed by atoms with Gasteiger partial charge >= 0.3 is 163 Å². The number of nitrogens with one attached hydrogen (secondary N) is 1. The summed E-state index contributed by atoms with van der Waals surface area (Å²) in [6.45, 7) is 1.11. The minimum atomic E-state index is -0.775. The van der Waals surface area contributed by atoms with Gasteiger partial charge in [0.15, 0.2) is 0 Å². The van der Waals surface area contributed by atoms with E-state index in [2.05, 4.69) is 20.2 Å². The molecule has 1 atom stereocenters. The molecule has 0 aliphatic heterocycles. The first-order valence-electron chi connectivity index (χ1n) is 8.30. The zero-order chi connectivity index (χ0) is 19.1. The number of nitriles is 1. The van der Waals surface area contributed by atoms with E-state index in [0.29, 0.717) is 24.6 Å². The van der Waals surface area contributed by atoms with Crippen LogP contribution in [0.25, 0.3) is 11.3 Å². The summed E-state index contributed by atoms with van der Waals surface area (Å²) in [5.74, 6) is 1.42. The van der Waals surface area contributed by atoms with Crippen LogP contribution in [0, 0.1) is 11.3 Å². The summed E-state index contributed by atoms with van der Waals surface area (Å²) in [6, 6.07) is 9.62. The summed E-state index contributed by atoms with van der Waals surface area (Å²) in [6.07, 6.45) is 3.89. The van der Waals surface area contributed by atoms with Crippen molar-refractivity contribution in [1.29, 1.82) is 5.26 Å². The van der Waals surface area contributed by atoms with Crippen molar-refractivity contribution >= 4 is 24.7 Å². The second-order valence-corrected chi connectivity index (χ2v) is 8.19. The van der Waals surface area contributed by atoms with Crippen LogP contribution in [0.3, 0.4) is 0 Å². The molecule has 0 radical (unpaired) electrons. The van der Waals surface area contributed by atoms with Crippen LogP contribution in [0.4, 0.5) is 0 Å². The molecule has 0 aliphatic carbocycles. The predicted molar refractivity (Wildman–Crippen MR) is 103 cm³/mol. The third kappa shape index (κ3) is 4.64. The topological polar surface area (TPSA) is 123 Å². The fourth-order valence-corrected chi connectivity index (χ4v) is 4.21. The first-order chi connectivity index (χ1) is 13.2. The van der Waals surface area contributed by atoms with E-state index >= 15 is 0 Å². The summed E-state index contributed by atoms with van der Waals surface area (Å²) < 4.78 is 13.2. The molecule has 0 saturated heterocycles. The van der Waals surface area contributed by atoms with Gasteiger partial charge in [0.25, 0.3) is 0 Å². The molecule has 0 spiro atoms. The number of hydrogen-bond acceptors (Lipinski definition) is 7. The summed E-state index contributed by atoms with van der Waals surface area (Å²) >= 11 is -0.775. The second kappa shape index (κ2) is 9.17. The van der Waals surface area contributed by atoms with E-state index in [0.717, 1.165) is 32.4 Å². The molecule has 9 heteroatoms. The van der Waals surface area contributed by atoms with E-state index in [9.17, 15) is 0 Å². The van der Waals surface area contributed by atoms with Gasteiger partial charge in [0.2, 0.25) is 0 Å². The van der Waals surface area contributed by atoms with Gasteiger partial charge in [-0.1, -0.05) is 0 Å². The number of H-pyrrole nitrogens is 1. The fourth-order valence-electron chi connectivity index (χ4n) is 2.43. The van der Waals surface area contributed by atoms with Gasteiger partial charge in [-0.15, -0.1) is 0 Å². The van der Waals surface area contributed by atoms with Gasteiger partial charge in [-0.3, -0.25) is 0 Å². The van der Waals surface area contributed by atoms with Crippen LogP contribution in [-0.2, 0) is 0 Å². The van der Waals surface area contributed by atoms with Gasteiger partial charge in [0.05, 0.1) is 0 Å². The van der Waals surface area contributed by atoms with Crippen molar-refractivity contribution in [3.05, 3.63) is 42.4 Å².